The van der Waals surface area contributed by atoms with Gasteiger partial charge in [0, 0.05) is 24.2 Å². The number of benzene rings is 2. The number of nitrogens with one attached hydrogen (secondary N) is 2. The predicted octanol–water partition coefficient (Wildman–Crippen LogP) is 4.19. The molecular formula is C24H27N3O3. The minimum atomic E-state index is -0.172. The summed E-state index contributed by atoms with van der Waals surface area (Å²) in [4.78, 5) is 30.5. The highest BCUT2D eigenvalue weighted by Gasteiger charge is 2.27. The van der Waals surface area contributed by atoms with Crippen molar-refractivity contribution in [2.45, 2.75) is 44.8 Å². The first-order valence-corrected chi connectivity index (χ1v) is 10.4. The Kier molecular flexibility index (Phi) is 6.02. The lowest BCUT2D eigenvalue weighted by molar-refractivity contribution is 0.170. The van der Waals surface area contributed by atoms with Crippen molar-refractivity contribution in [3.8, 4) is 5.75 Å². The highest BCUT2D eigenvalue weighted by atomic mass is 16.5. The first kappa shape index (κ1) is 20.0. The van der Waals surface area contributed by atoms with E-state index in [0.717, 1.165) is 42.1 Å². The third-order valence-electron chi connectivity index (χ3n) is 5.78. The van der Waals surface area contributed by atoms with Crippen molar-refractivity contribution >= 4 is 16.9 Å². The van der Waals surface area contributed by atoms with Crippen molar-refractivity contribution in [1.82, 2.24) is 15.2 Å². The van der Waals surface area contributed by atoms with Crippen LogP contribution in [0.25, 0.3) is 10.9 Å². The van der Waals surface area contributed by atoms with Gasteiger partial charge in [0.2, 0.25) is 0 Å². The molecule has 2 N–H and O–H groups in total. The molecule has 30 heavy (non-hydrogen) atoms. The van der Waals surface area contributed by atoms with Gasteiger partial charge in [0.1, 0.15) is 5.75 Å². The van der Waals surface area contributed by atoms with Gasteiger partial charge in [-0.1, -0.05) is 43.2 Å². The highest BCUT2D eigenvalue weighted by Crippen LogP contribution is 2.25. The van der Waals surface area contributed by atoms with Crippen LogP contribution in [0.3, 0.4) is 0 Å². The Morgan fingerprint density at radius 1 is 1.13 bits per heavy atom. The maximum Gasteiger partial charge on any atom is 0.318 e. The summed E-state index contributed by atoms with van der Waals surface area (Å²) in [5, 5.41) is 3.94. The summed E-state index contributed by atoms with van der Waals surface area (Å²) in [5.74, 6) is 0.693. The molecule has 0 atom stereocenters. The van der Waals surface area contributed by atoms with Gasteiger partial charge in [0.05, 0.1) is 19.2 Å². The fourth-order valence-corrected chi connectivity index (χ4v) is 4.11. The lowest BCUT2D eigenvalue weighted by Gasteiger charge is -2.29. The van der Waals surface area contributed by atoms with Crippen LogP contribution in [0.1, 0.15) is 36.8 Å². The summed E-state index contributed by atoms with van der Waals surface area (Å²) in [6.45, 7) is 0.763. The van der Waals surface area contributed by atoms with Crippen molar-refractivity contribution in [3.63, 3.8) is 0 Å². The van der Waals surface area contributed by atoms with Gasteiger partial charge in [0.25, 0.3) is 5.56 Å². The smallest absolute Gasteiger partial charge is 0.318 e. The van der Waals surface area contributed by atoms with Crippen LogP contribution in [-0.4, -0.2) is 29.1 Å². The Morgan fingerprint density at radius 2 is 1.90 bits per heavy atom. The maximum atomic E-state index is 13.1. The molecule has 6 heteroatoms. The lowest BCUT2D eigenvalue weighted by Crippen LogP contribution is -2.45. The van der Waals surface area contributed by atoms with E-state index >= 15 is 0 Å². The summed E-state index contributed by atoms with van der Waals surface area (Å²) >= 11 is 0. The van der Waals surface area contributed by atoms with E-state index in [1.54, 1.807) is 7.11 Å². The van der Waals surface area contributed by atoms with Gasteiger partial charge in [-0.25, -0.2) is 4.79 Å². The number of pyridine rings is 1. The van der Waals surface area contributed by atoms with E-state index in [2.05, 4.69) is 10.3 Å². The summed E-state index contributed by atoms with van der Waals surface area (Å²) < 4.78 is 5.24. The van der Waals surface area contributed by atoms with E-state index in [1.165, 1.54) is 0 Å². The van der Waals surface area contributed by atoms with E-state index in [0.29, 0.717) is 24.4 Å². The zero-order valence-corrected chi connectivity index (χ0v) is 17.2. The minimum absolute atomic E-state index is 0.125. The van der Waals surface area contributed by atoms with Gasteiger partial charge < -0.3 is 19.9 Å². The summed E-state index contributed by atoms with van der Waals surface area (Å²) in [7, 11) is 1.60. The number of carbonyl (C=O) groups excluding carboxylic acids is 1. The number of nitrogens with zero attached hydrogens (tertiary/aromatic N) is 1. The SMILES string of the molecule is COc1ccc2cc(CN(C(=O)NCc3ccccc3)C3CCCC3)c(=O)[nH]c2c1. The molecule has 0 bridgehead atoms. The maximum absolute atomic E-state index is 13.1. The molecule has 1 aliphatic carbocycles. The van der Waals surface area contributed by atoms with E-state index in [1.807, 2.05) is 59.5 Å². The molecule has 0 unspecified atom stereocenters. The molecule has 4 rings (SSSR count). The Labute approximate surface area is 175 Å². The van der Waals surface area contributed by atoms with Crippen LogP contribution in [0.5, 0.6) is 5.75 Å². The van der Waals surface area contributed by atoms with Gasteiger partial charge >= 0.3 is 6.03 Å². The summed E-state index contributed by atoms with van der Waals surface area (Å²) in [6, 6.07) is 17.4. The van der Waals surface area contributed by atoms with Gasteiger partial charge in [0.15, 0.2) is 0 Å². The van der Waals surface area contributed by atoms with E-state index in [9.17, 15) is 9.59 Å². The molecule has 6 nitrogen and oxygen atoms in total. The first-order chi connectivity index (χ1) is 14.6. The van der Waals surface area contributed by atoms with Crippen LogP contribution in [0, 0.1) is 0 Å². The molecule has 0 aliphatic heterocycles. The zero-order chi connectivity index (χ0) is 20.9. The van der Waals surface area contributed by atoms with E-state index < -0.39 is 0 Å². The largest absolute Gasteiger partial charge is 0.497 e. The molecule has 0 spiro atoms. The van der Waals surface area contributed by atoms with Crippen LogP contribution < -0.4 is 15.6 Å². The quantitative estimate of drug-likeness (QED) is 0.646. The molecule has 0 saturated heterocycles. The zero-order valence-electron chi connectivity index (χ0n) is 17.2. The van der Waals surface area contributed by atoms with Crippen LogP contribution >= 0.6 is 0 Å². The number of methoxy groups -OCH3 is 1. The number of rotatable bonds is 6. The molecule has 1 heterocycles. The Hall–Kier alpha value is -3.28. The van der Waals surface area contributed by atoms with Crippen molar-refractivity contribution in [2.24, 2.45) is 0 Å². The van der Waals surface area contributed by atoms with Gasteiger partial charge in [-0.15, -0.1) is 0 Å². The number of hydrogen-bond acceptors (Lipinski definition) is 3. The first-order valence-electron chi connectivity index (χ1n) is 10.4. The molecular weight excluding hydrogens is 378 g/mol. The second-order valence-corrected chi connectivity index (χ2v) is 7.79. The van der Waals surface area contributed by atoms with Crippen molar-refractivity contribution in [2.75, 3.05) is 7.11 Å². The lowest BCUT2D eigenvalue weighted by atomic mass is 10.1. The predicted molar refractivity (Wildman–Crippen MR) is 118 cm³/mol. The fraction of sp³-hybridized carbons (Fsp3) is 0.333. The summed E-state index contributed by atoms with van der Waals surface area (Å²) in [5.41, 5.74) is 2.20. The van der Waals surface area contributed by atoms with Crippen molar-refractivity contribution in [3.05, 3.63) is 76.1 Å². The average molecular weight is 405 g/mol. The van der Waals surface area contributed by atoms with Crippen LogP contribution in [0.15, 0.2) is 59.4 Å². The molecule has 1 saturated carbocycles. The van der Waals surface area contributed by atoms with Crippen LogP contribution in [0.4, 0.5) is 4.79 Å². The van der Waals surface area contributed by atoms with E-state index in [-0.39, 0.29) is 17.6 Å². The number of amides is 2. The number of ether oxygens (including phenoxy) is 1. The normalized spacial score (nSPS) is 14.0. The number of aromatic nitrogens is 1. The van der Waals surface area contributed by atoms with Gasteiger partial charge in [-0.05, 0) is 42.0 Å². The topological polar surface area (TPSA) is 74.4 Å². The highest BCUT2D eigenvalue weighted by molar-refractivity contribution is 5.80. The third-order valence-corrected chi connectivity index (χ3v) is 5.78. The Bertz CT molecular complexity index is 1070. The third kappa shape index (κ3) is 4.48. The van der Waals surface area contributed by atoms with E-state index in [4.69, 9.17) is 4.74 Å². The van der Waals surface area contributed by atoms with Gasteiger partial charge in [-0.3, -0.25) is 4.79 Å². The monoisotopic (exact) mass is 405 g/mol. The van der Waals surface area contributed by atoms with Gasteiger partial charge in [-0.2, -0.15) is 0 Å². The standard InChI is InChI=1S/C24H27N3O3/c1-30-21-12-11-18-13-19(23(28)26-22(18)14-21)16-27(20-9-5-6-10-20)24(29)25-15-17-7-3-2-4-8-17/h2-4,7-8,11-14,20H,5-6,9-10,15-16H2,1H3,(H,25,29)(H,26,28). The molecule has 1 aromatic heterocycles. The fourth-order valence-electron chi connectivity index (χ4n) is 4.11. The Morgan fingerprint density at radius 3 is 2.63 bits per heavy atom. The number of aromatic amines is 1. The number of fused-ring (bicyclic) bond motifs is 1. The summed E-state index contributed by atoms with van der Waals surface area (Å²) in [6.07, 6.45) is 4.17. The van der Waals surface area contributed by atoms with Crippen LogP contribution in [0.2, 0.25) is 0 Å². The molecule has 156 valence electrons. The minimum Gasteiger partial charge on any atom is -0.497 e. The van der Waals surface area contributed by atoms with Crippen LogP contribution in [-0.2, 0) is 13.1 Å². The number of carbonyl (C=O) groups is 1. The number of urea groups is 1. The number of H-pyrrole nitrogens is 1. The Balaban J connectivity index is 1.56. The number of hydrogen-bond donors (Lipinski definition) is 2. The molecule has 2 aromatic carbocycles. The van der Waals surface area contributed by atoms with Crippen molar-refractivity contribution in [1.29, 1.82) is 0 Å². The van der Waals surface area contributed by atoms with Crippen molar-refractivity contribution < 1.29 is 9.53 Å². The molecule has 3 aromatic rings. The second kappa shape index (κ2) is 9.03. The molecule has 1 aliphatic rings. The average Bonchev–Trinajstić information content (AvgIpc) is 3.31. The molecule has 0 radical (unpaired) electrons. The molecule has 2 amide bonds. The second-order valence-electron chi connectivity index (χ2n) is 7.79. The molecule has 1 fully saturated rings.